The number of aliphatic carboxylic acids is 3. The fraction of sp³-hybridized carbons (Fsp3) is 0.674. The predicted octanol–water partition coefficient (Wildman–Crippen LogP) is 0.102. The molecule has 0 radical (unpaired) electrons. The minimum atomic E-state index is -1.74. The monoisotopic (exact) mass is 1100 g/mol. The SMILES string of the molecule is C/C=C(/C)NCCC.C=O.CC.CC(=O)O.CCC.CCC(=O)N[C@H]1CSSCC(C(=O)O)NC(=O)[C@H](CC)NC(=O)C2CSSCC(NC(=O)[C@H](CC(=O)O)NC1=O)C(=O)NCC(=O)NCC(=O)NCN2. The minimum absolute atomic E-state index is 0.0162. The number of nitrogens with one attached hydrogen (secondary N) is 10. The lowest BCUT2D eigenvalue weighted by molar-refractivity contribution is -0.142. The third kappa shape index (κ3) is 38.4. The van der Waals surface area contributed by atoms with Crippen LogP contribution in [0.15, 0.2) is 11.8 Å². The van der Waals surface area contributed by atoms with Gasteiger partial charge >= 0.3 is 11.9 Å². The van der Waals surface area contributed by atoms with Gasteiger partial charge in [0.1, 0.15) is 37.0 Å². The van der Waals surface area contributed by atoms with Crippen LogP contribution >= 0.6 is 43.2 Å². The molecule has 2 heterocycles. The third-order valence-electron chi connectivity index (χ3n) is 8.29. The van der Waals surface area contributed by atoms with E-state index in [1.165, 1.54) is 25.5 Å². The van der Waals surface area contributed by atoms with Crippen LogP contribution in [0.4, 0.5) is 0 Å². The van der Waals surface area contributed by atoms with E-state index < -0.39 is 121 Å². The molecule has 2 bridgehead atoms. The summed E-state index contributed by atoms with van der Waals surface area (Å²) >= 11 is 0. The number of allylic oxidation sites excluding steroid dienone is 2. The Balaban J connectivity index is -0.00000104. The number of carboxylic acid groups (broad SMARTS) is 3. The highest BCUT2D eigenvalue weighted by molar-refractivity contribution is 8.77. The van der Waals surface area contributed by atoms with Crippen molar-refractivity contribution >= 4 is 115 Å². The first kappa shape index (κ1) is 73.3. The number of hydrogen-bond acceptors (Lipinski definition) is 18. The fourth-order valence-corrected chi connectivity index (χ4v) is 9.33. The van der Waals surface area contributed by atoms with E-state index in [4.69, 9.17) is 14.7 Å². The molecule has 2 fully saturated rings. The molecule has 414 valence electrons. The maximum absolute atomic E-state index is 13.4. The lowest BCUT2D eigenvalue weighted by Crippen LogP contribution is -2.58. The van der Waals surface area contributed by atoms with Crippen LogP contribution in [0.1, 0.15) is 101 Å². The van der Waals surface area contributed by atoms with Crippen LogP contribution < -0.4 is 53.2 Å². The number of rotatable bonds is 9. The summed E-state index contributed by atoms with van der Waals surface area (Å²) in [6.45, 7) is 20.5. The van der Waals surface area contributed by atoms with Crippen LogP contribution in [0.5, 0.6) is 0 Å². The van der Waals surface area contributed by atoms with E-state index in [9.17, 15) is 58.2 Å². The average Bonchev–Trinajstić information content (AvgIpc) is 3.34. The molecule has 2 aliphatic rings. The van der Waals surface area contributed by atoms with Crippen molar-refractivity contribution in [1.82, 2.24) is 53.2 Å². The lowest BCUT2D eigenvalue weighted by Gasteiger charge is -2.25. The molecule has 0 aromatic rings. The number of hydrogen-bond donors (Lipinski definition) is 13. The van der Waals surface area contributed by atoms with Crippen LogP contribution in [0.2, 0.25) is 0 Å². The van der Waals surface area contributed by atoms with Crippen molar-refractivity contribution in [3.63, 3.8) is 0 Å². The highest BCUT2D eigenvalue weighted by Crippen LogP contribution is 2.25. The normalized spacial score (nSPS) is 21.9. The molecule has 0 aliphatic carbocycles. The summed E-state index contributed by atoms with van der Waals surface area (Å²) in [7, 11) is 3.96. The first-order valence-electron chi connectivity index (χ1n) is 22.9. The molecule has 8 amide bonds. The molecule has 0 spiro atoms. The molecule has 0 aromatic carbocycles. The van der Waals surface area contributed by atoms with Crippen molar-refractivity contribution in [1.29, 1.82) is 0 Å². The van der Waals surface area contributed by atoms with Gasteiger partial charge in [0.25, 0.3) is 5.97 Å². The summed E-state index contributed by atoms with van der Waals surface area (Å²) in [5.74, 6) is -10.6. The van der Waals surface area contributed by atoms with Crippen LogP contribution in [0.25, 0.3) is 0 Å². The van der Waals surface area contributed by atoms with E-state index in [-0.39, 0.29) is 42.5 Å². The van der Waals surface area contributed by atoms with Crippen molar-refractivity contribution in [2.75, 3.05) is 49.3 Å². The first-order valence-corrected chi connectivity index (χ1v) is 27.9. The minimum Gasteiger partial charge on any atom is -0.481 e. The van der Waals surface area contributed by atoms with Gasteiger partial charge in [-0.25, -0.2) is 4.79 Å². The Bertz CT molecular complexity index is 1710. The lowest BCUT2D eigenvalue weighted by atomic mass is 10.1. The molecule has 25 nitrogen and oxygen atoms in total. The van der Waals surface area contributed by atoms with E-state index in [0.29, 0.717) is 0 Å². The van der Waals surface area contributed by atoms with Crippen molar-refractivity contribution in [3.05, 3.63) is 11.8 Å². The van der Waals surface area contributed by atoms with Gasteiger partial charge in [0, 0.05) is 48.6 Å². The molecular weight excluding hydrogens is 1020 g/mol. The second kappa shape index (κ2) is 46.8. The van der Waals surface area contributed by atoms with Crippen molar-refractivity contribution in [2.24, 2.45) is 0 Å². The first-order chi connectivity index (χ1) is 34.1. The summed E-state index contributed by atoms with van der Waals surface area (Å²) in [5.41, 5.74) is 1.27. The molecular formula is C43H78N10O15S4. The van der Waals surface area contributed by atoms with Crippen LogP contribution in [-0.2, 0) is 57.5 Å². The topological polar surface area (TPSA) is 386 Å². The second-order valence-corrected chi connectivity index (χ2v) is 19.5. The maximum atomic E-state index is 13.4. The molecule has 2 aliphatic heterocycles. The highest BCUT2D eigenvalue weighted by atomic mass is 33.1. The Kier molecular flexibility index (Phi) is 47.6. The Morgan fingerprint density at radius 3 is 1.68 bits per heavy atom. The maximum Gasteiger partial charge on any atom is 0.327 e. The number of carbonyl (C=O) groups excluding carboxylic acids is 9. The van der Waals surface area contributed by atoms with Crippen molar-refractivity contribution < 1.29 is 72.9 Å². The van der Waals surface area contributed by atoms with E-state index >= 15 is 0 Å². The molecule has 29 heteroatoms. The standard InChI is InChI=1S/C28H43N9O12S4.C7H15N.C3H8.C2H4O2.C2H6.CH2O/c1-3-13-24(44)37-18(28(48)49)11-53-52-10-17(33-19(38)4-2)27(47)35-14(5-22(41)42)25(45)36-16-9-51-50-8-15(26(46)34-13)31-12-32-21(40)6-29-20(39)7-30-23(16)43;1-4-6-8-7(3)5-2;1-3-2;1-2(3)4;2*1-2/h13-18,31H,3-12H2,1-2H3,(H,29,39)(H,30,43)(H,32,40)(H,33,38)(H,34,46)(H,35,47)(H,36,45)(H,37,44)(H,41,42)(H,48,49);5,8H,4,6H2,1-3H3;3H2,1-2H3;1H3,(H,3,4);1-2H3;1H2/b;7-5-;;;;/t13-,14-,15?,16?,17-,18?;;;;;/m0...../s1. The zero-order chi connectivity index (χ0) is 56.2. The zero-order valence-corrected chi connectivity index (χ0v) is 46.1. The van der Waals surface area contributed by atoms with Gasteiger partial charge in [-0.2, -0.15) is 0 Å². The molecule has 2 rings (SSSR count). The Hall–Kier alpha value is -5.26. The van der Waals surface area contributed by atoms with Crippen LogP contribution in [-0.4, -0.2) is 173 Å². The van der Waals surface area contributed by atoms with Crippen molar-refractivity contribution in [3.8, 4) is 0 Å². The van der Waals surface area contributed by atoms with E-state index in [0.717, 1.165) is 56.6 Å². The predicted molar refractivity (Wildman–Crippen MR) is 281 cm³/mol. The van der Waals surface area contributed by atoms with Gasteiger partial charge in [0.2, 0.25) is 47.3 Å². The third-order valence-corrected chi connectivity index (χ3v) is 13.1. The zero-order valence-electron chi connectivity index (χ0n) is 42.8. The largest absolute Gasteiger partial charge is 0.481 e. The average molecular weight is 1100 g/mol. The number of carbonyl (C=O) groups is 12. The smallest absolute Gasteiger partial charge is 0.327 e. The fourth-order valence-electron chi connectivity index (χ4n) is 4.65. The van der Waals surface area contributed by atoms with Gasteiger partial charge in [-0.05, 0) is 26.7 Å². The highest BCUT2D eigenvalue weighted by Gasteiger charge is 2.33. The van der Waals surface area contributed by atoms with Crippen LogP contribution in [0, 0.1) is 0 Å². The number of amides is 8. The molecule has 0 aromatic heterocycles. The Labute approximate surface area is 438 Å². The van der Waals surface area contributed by atoms with E-state index in [1.807, 2.05) is 27.6 Å². The molecule has 2 saturated heterocycles. The summed E-state index contributed by atoms with van der Waals surface area (Å²) in [4.78, 5) is 144. The summed E-state index contributed by atoms with van der Waals surface area (Å²) < 4.78 is 0. The van der Waals surface area contributed by atoms with Gasteiger partial charge in [-0.3, -0.25) is 53.3 Å². The quantitative estimate of drug-likeness (QED) is 0.136. The van der Waals surface area contributed by atoms with Crippen LogP contribution in [0.3, 0.4) is 0 Å². The van der Waals surface area contributed by atoms with E-state index in [1.54, 1.807) is 6.92 Å². The Morgan fingerprint density at radius 1 is 0.667 bits per heavy atom. The molecule has 13 N–H and O–H groups in total. The molecule has 3 unspecified atom stereocenters. The summed E-state index contributed by atoms with van der Waals surface area (Å²) in [5, 5.41) is 52.0. The van der Waals surface area contributed by atoms with E-state index in [2.05, 4.69) is 86.9 Å². The summed E-state index contributed by atoms with van der Waals surface area (Å²) in [6.07, 6.45) is 3.65. The van der Waals surface area contributed by atoms with Gasteiger partial charge in [0.05, 0.1) is 32.2 Å². The van der Waals surface area contributed by atoms with Gasteiger partial charge in [0.15, 0.2) is 0 Å². The number of fused-ring (bicyclic) bond motifs is 5. The Morgan fingerprint density at radius 2 is 1.17 bits per heavy atom. The number of carboxylic acids is 3. The van der Waals surface area contributed by atoms with Crippen molar-refractivity contribution in [2.45, 2.75) is 138 Å². The molecule has 0 saturated carbocycles. The summed E-state index contributed by atoms with van der Waals surface area (Å²) in [6, 6.07) is -8.11. The van der Waals surface area contributed by atoms with Gasteiger partial charge in [-0.1, -0.05) is 104 Å². The second-order valence-electron chi connectivity index (χ2n) is 14.4. The van der Waals surface area contributed by atoms with Gasteiger partial charge < -0.3 is 68.0 Å². The molecule has 72 heavy (non-hydrogen) atoms. The van der Waals surface area contributed by atoms with Gasteiger partial charge in [-0.15, -0.1) is 0 Å². The molecule has 6 atom stereocenters.